The van der Waals surface area contributed by atoms with Crippen molar-refractivity contribution in [1.29, 1.82) is 5.26 Å². The number of rotatable bonds is 2. The van der Waals surface area contributed by atoms with E-state index in [-0.39, 0.29) is 5.91 Å². The molecule has 1 aliphatic heterocycles. The van der Waals surface area contributed by atoms with Crippen molar-refractivity contribution in [2.75, 3.05) is 37.3 Å². The van der Waals surface area contributed by atoms with Crippen LogP contribution in [0.5, 0.6) is 0 Å². The van der Waals surface area contributed by atoms with Crippen LogP contribution in [-0.2, 0) is 4.79 Å². The average Bonchev–Trinajstić information content (AvgIpc) is 2.54. The number of nitriles is 1. The molecule has 1 N–H and O–H groups in total. The van der Waals surface area contributed by atoms with E-state index in [1.807, 2.05) is 35.5 Å². The molecule has 0 saturated carbocycles. The van der Waals surface area contributed by atoms with Crippen LogP contribution >= 0.6 is 23.4 Å². The van der Waals surface area contributed by atoms with E-state index in [4.69, 9.17) is 16.9 Å². The Bertz CT molecular complexity index is 650. The molecule has 1 aromatic carbocycles. The van der Waals surface area contributed by atoms with Gasteiger partial charge in [-0.25, -0.2) is 4.99 Å². The molecule has 1 aromatic rings. The van der Waals surface area contributed by atoms with E-state index >= 15 is 0 Å². The summed E-state index contributed by atoms with van der Waals surface area (Å²) in [6, 6.07) is 5.53. The Hall–Kier alpha value is -1.91. The number of thioether (sulfide) groups is 1. The summed E-state index contributed by atoms with van der Waals surface area (Å²) in [6.07, 6.45) is 3.72. The Labute approximate surface area is 145 Å². The third kappa shape index (κ3) is 4.30. The van der Waals surface area contributed by atoms with Crippen molar-refractivity contribution in [3.8, 4) is 6.19 Å². The van der Waals surface area contributed by atoms with Gasteiger partial charge in [-0.3, -0.25) is 10.1 Å². The Morgan fingerprint density at radius 1 is 1.39 bits per heavy atom. The number of carbonyl (C=O) groups excluding carboxylic acids is 1. The summed E-state index contributed by atoms with van der Waals surface area (Å²) >= 11 is 7.74. The standard InChI is InChI=1S/C15H18ClN5OS/c1-11(22)20-6-8-21(9-7-20)14-12(16)4-3-5-13(14)19-15(23-2)18-10-17/h3-5H,6-9H2,1-2H3,(H,18,19). The second-order valence-electron chi connectivity index (χ2n) is 4.96. The number of para-hydroxylation sites is 1. The van der Waals surface area contributed by atoms with Crippen molar-refractivity contribution in [3.05, 3.63) is 23.2 Å². The minimum Gasteiger partial charge on any atom is -0.365 e. The van der Waals surface area contributed by atoms with Crippen molar-refractivity contribution >= 4 is 45.8 Å². The Morgan fingerprint density at radius 2 is 2.09 bits per heavy atom. The molecule has 23 heavy (non-hydrogen) atoms. The van der Waals surface area contributed by atoms with Gasteiger partial charge in [-0.15, -0.1) is 0 Å². The van der Waals surface area contributed by atoms with E-state index in [9.17, 15) is 4.79 Å². The normalized spacial score (nSPS) is 15.3. The molecule has 1 saturated heterocycles. The Balaban J connectivity index is 2.29. The summed E-state index contributed by atoms with van der Waals surface area (Å²) in [7, 11) is 0. The van der Waals surface area contributed by atoms with Gasteiger partial charge in [-0.1, -0.05) is 29.4 Å². The fraction of sp³-hybridized carbons (Fsp3) is 0.400. The summed E-state index contributed by atoms with van der Waals surface area (Å²) in [5.41, 5.74) is 1.55. The molecular weight excluding hydrogens is 334 g/mol. The molecule has 0 unspecified atom stereocenters. The minimum absolute atomic E-state index is 0.0879. The first kappa shape index (κ1) is 17.4. The number of halogens is 1. The molecule has 8 heteroatoms. The summed E-state index contributed by atoms with van der Waals surface area (Å²) < 4.78 is 0. The van der Waals surface area contributed by atoms with Crippen LogP contribution in [-0.4, -0.2) is 48.4 Å². The smallest absolute Gasteiger partial charge is 0.219 e. The number of benzene rings is 1. The van der Waals surface area contributed by atoms with Crippen LogP contribution in [0.25, 0.3) is 0 Å². The second kappa shape index (κ2) is 8.09. The van der Waals surface area contributed by atoms with Crippen molar-refractivity contribution in [2.24, 2.45) is 4.99 Å². The predicted octanol–water partition coefficient (Wildman–Crippen LogP) is 2.43. The molecule has 122 valence electrons. The highest BCUT2D eigenvalue weighted by molar-refractivity contribution is 8.13. The van der Waals surface area contributed by atoms with E-state index in [1.165, 1.54) is 11.8 Å². The number of carbonyl (C=O) groups is 1. The Kier molecular flexibility index (Phi) is 6.13. The molecule has 0 aromatic heterocycles. The number of anilines is 1. The van der Waals surface area contributed by atoms with Gasteiger partial charge in [-0.2, -0.15) is 5.26 Å². The first-order valence-corrected chi connectivity index (χ1v) is 8.74. The molecule has 6 nitrogen and oxygen atoms in total. The maximum Gasteiger partial charge on any atom is 0.219 e. The molecule has 0 spiro atoms. The lowest BCUT2D eigenvalue weighted by Crippen LogP contribution is -2.48. The van der Waals surface area contributed by atoms with Crippen LogP contribution in [0.4, 0.5) is 11.4 Å². The van der Waals surface area contributed by atoms with E-state index in [1.54, 1.807) is 6.92 Å². The molecule has 0 aliphatic carbocycles. The fourth-order valence-corrected chi connectivity index (χ4v) is 3.06. The van der Waals surface area contributed by atoms with E-state index in [0.29, 0.717) is 42.1 Å². The van der Waals surface area contributed by atoms with Gasteiger partial charge in [0, 0.05) is 33.1 Å². The highest BCUT2D eigenvalue weighted by Gasteiger charge is 2.22. The van der Waals surface area contributed by atoms with Crippen molar-refractivity contribution in [2.45, 2.75) is 6.92 Å². The van der Waals surface area contributed by atoms with Crippen molar-refractivity contribution in [3.63, 3.8) is 0 Å². The van der Waals surface area contributed by atoms with Gasteiger partial charge in [0.25, 0.3) is 0 Å². The molecule has 1 heterocycles. The van der Waals surface area contributed by atoms with Crippen LogP contribution in [0, 0.1) is 11.5 Å². The summed E-state index contributed by atoms with van der Waals surface area (Å²) in [4.78, 5) is 19.9. The first-order chi connectivity index (χ1) is 11.1. The molecule has 1 aliphatic rings. The average molecular weight is 352 g/mol. The number of nitrogens with one attached hydrogen (secondary N) is 1. The maximum atomic E-state index is 11.4. The molecule has 2 rings (SSSR count). The van der Waals surface area contributed by atoms with Gasteiger partial charge in [-0.05, 0) is 18.4 Å². The quantitative estimate of drug-likeness (QED) is 0.383. The van der Waals surface area contributed by atoms with E-state index in [2.05, 4.69) is 15.2 Å². The van der Waals surface area contributed by atoms with E-state index in [0.717, 1.165) is 5.69 Å². The third-order valence-corrected chi connectivity index (χ3v) is 4.47. The van der Waals surface area contributed by atoms with Crippen molar-refractivity contribution in [1.82, 2.24) is 10.2 Å². The molecule has 1 fully saturated rings. The number of piperazine rings is 1. The molecular formula is C15H18ClN5OS. The Morgan fingerprint density at radius 3 is 2.65 bits per heavy atom. The van der Waals surface area contributed by atoms with Gasteiger partial charge < -0.3 is 9.80 Å². The van der Waals surface area contributed by atoms with Gasteiger partial charge >= 0.3 is 0 Å². The highest BCUT2D eigenvalue weighted by Crippen LogP contribution is 2.36. The van der Waals surface area contributed by atoms with Gasteiger partial charge in [0.1, 0.15) is 0 Å². The summed E-state index contributed by atoms with van der Waals surface area (Å²) in [6.45, 7) is 4.31. The summed E-state index contributed by atoms with van der Waals surface area (Å²) in [5, 5.41) is 12.5. The number of amides is 1. The fourth-order valence-electron chi connectivity index (χ4n) is 2.43. The van der Waals surface area contributed by atoms with E-state index < -0.39 is 0 Å². The lowest BCUT2D eigenvalue weighted by molar-refractivity contribution is -0.129. The number of hydrogen-bond donors (Lipinski definition) is 1. The molecule has 1 amide bonds. The highest BCUT2D eigenvalue weighted by atomic mass is 35.5. The number of aliphatic imine (C=N–C) groups is 1. The minimum atomic E-state index is 0.0879. The van der Waals surface area contributed by atoms with Crippen molar-refractivity contribution < 1.29 is 4.79 Å². The number of amidine groups is 1. The van der Waals surface area contributed by atoms with Crippen LogP contribution in [0.15, 0.2) is 23.2 Å². The lowest BCUT2D eigenvalue weighted by atomic mass is 10.2. The zero-order valence-electron chi connectivity index (χ0n) is 13.0. The second-order valence-corrected chi connectivity index (χ2v) is 6.16. The van der Waals surface area contributed by atoms with Crippen LogP contribution in [0.1, 0.15) is 6.92 Å². The SMILES string of the molecule is CSC(=Nc1cccc(Cl)c1N1CCN(C(C)=O)CC1)NC#N. The van der Waals surface area contributed by atoms with Gasteiger partial charge in [0.2, 0.25) is 5.91 Å². The van der Waals surface area contributed by atoms with Crippen LogP contribution in [0.3, 0.4) is 0 Å². The number of hydrogen-bond acceptors (Lipinski definition) is 5. The lowest BCUT2D eigenvalue weighted by Gasteiger charge is -2.36. The van der Waals surface area contributed by atoms with Crippen LogP contribution in [0.2, 0.25) is 5.02 Å². The third-order valence-electron chi connectivity index (χ3n) is 3.58. The van der Waals surface area contributed by atoms with Crippen LogP contribution < -0.4 is 10.2 Å². The monoisotopic (exact) mass is 351 g/mol. The zero-order chi connectivity index (χ0) is 16.8. The largest absolute Gasteiger partial charge is 0.365 e. The number of nitrogens with zero attached hydrogens (tertiary/aromatic N) is 4. The topological polar surface area (TPSA) is 71.7 Å². The molecule has 0 bridgehead atoms. The first-order valence-electron chi connectivity index (χ1n) is 7.13. The predicted molar refractivity (Wildman–Crippen MR) is 95.3 cm³/mol. The summed E-state index contributed by atoms with van der Waals surface area (Å²) in [5.74, 6) is 0.0879. The zero-order valence-corrected chi connectivity index (χ0v) is 14.6. The maximum absolute atomic E-state index is 11.4. The molecule has 0 atom stereocenters. The van der Waals surface area contributed by atoms with Gasteiger partial charge in [0.05, 0.1) is 16.4 Å². The van der Waals surface area contributed by atoms with Gasteiger partial charge in [0.15, 0.2) is 11.4 Å². The molecule has 0 radical (unpaired) electrons.